The summed E-state index contributed by atoms with van der Waals surface area (Å²) in [6.07, 6.45) is 0. The average molecular weight is 338 g/mol. The zero-order chi connectivity index (χ0) is 14.0. The Morgan fingerprint density at radius 1 is 1.33 bits per heavy atom. The predicted molar refractivity (Wildman–Crippen MR) is 71.8 cm³/mol. The number of hydrogen-bond acceptors (Lipinski definition) is 4. The van der Waals surface area contributed by atoms with Crippen LogP contribution in [-0.2, 0) is 10.0 Å². The molecular weight excluding hydrogens is 322 g/mol. The fraction of sp³-hybridized carbons (Fsp3) is 0.455. The van der Waals surface area contributed by atoms with Crippen LogP contribution in [0.1, 0.15) is 12.5 Å². The minimum atomic E-state index is -3.81. The first-order valence-electron chi connectivity index (χ1n) is 5.26. The Morgan fingerprint density at radius 2 is 1.89 bits per heavy atom. The standard InChI is InChI=1S/C11H16BrNO4S/c1-8-3-4-10(9(12)5-8)18(16,17)13-11(2,6-14)7-15/h3-5,13-15H,6-7H2,1-2H3. The van der Waals surface area contributed by atoms with Crippen LogP contribution in [0.15, 0.2) is 27.6 Å². The molecule has 18 heavy (non-hydrogen) atoms. The topological polar surface area (TPSA) is 86.6 Å². The number of rotatable bonds is 5. The molecule has 7 heteroatoms. The van der Waals surface area contributed by atoms with Crippen molar-refractivity contribution >= 4 is 26.0 Å². The molecule has 0 amide bonds. The first kappa shape index (κ1) is 15.6. The molecule has 0 bridgehead atoms. The molecule has 102 valence electrons. The van der Waals surface area contributed by atoms with Crippen molar-refractivity contribution in [2.75, 3.05) is 13.2 Å². The summed E-state index contributed by atoms with van der Waals surface area (Å²) in [7, 11) is -3.81. The van der Waals surface area contributed by atoms with Crippen LogP contribution < -0.4 is 4.72 Å². The van der Waals surface area contributed by atoms with E-state index >= 15 is 0 Å². The Hall–Kier alpha value is -0.470. The normalized spacial score (nSPS) is 12.7. The number of nitrogens with one attached hydrogen (secondary N) is 1. The molecule has 0 radical (unpaired) electrons. The Morgan fingerprint density at radius 3 is 2.33 bits per heavy atom. The van der Waals surface area contributed by atoms with Gasteiger partial charge in [-0.05, 0) is 47.5 Å². The minimum Gasteiger partial charge on any atom is -0.394 e. The summed E-state index contributed by atoms with van der Waals surface area (Å²) >= 11 is 3.19. The number of aryl methyl sites for hydroxylation is 1. The van der Waals surface area contributed by atoms with Crippen molar-refractivity contribution in [2.24, 2.45) is 0 Å². The summed E-state index contributed by atoms with van der Waals surface area (Å²) in [6, 6.07) is 4.83. The lowest BCUT2D eigenvalue weighted by molar-refractivity contribution is 0.121. The molecule has 0 atom stereocenters. The monoisotopic (exact) mass is 337 g/mol. The second-order valence-electron chi connectivity index (χ2n) is 4.42. The molecule has 0 fully saturated rings. The molecule has 0 aliphatic rings. The lowest BCUT2D eigenvalue weighted by atomic mass is 10.1. The molecule has 3 N–H and O–H groups in total. The molecule has 0 aromatic heterocycles. The second-order valence-corrected chi connectivity index (χ2v) is 6.92. The van der Waals surface area contributed by atoms with E-state index < -0.39 is 28.8 Å². The van der Waals surface area contributed by atoms with Gasteiger partial charge < -0.3 is 10.2 Å². The van der Waals surface area contributed by atoms with E-state index in [1.54, 1.807) is 12.1 Å². The van der Waals surface area contributed by atoms with Gasteiger partial charge in [-0.25, -0.2) is 13.1 Å². The van der Waals surface area contributed by atoms with Gasteiger partial charge in [0, 0.05) is 4.47 Å². The highest BCUT2D eigenvalue weighted by atomic mass is 79.9. The molecule has 0 aliphatic carbocycles. The van der Waals surface area contributed by atoms with Crippen LogP contribution in [-0.4, -0.2) is 37.4 Å². The van der Waals surface area contributed by atoms with Gasteiger partial charge in [0.05, 0.1) is 23.6 Å². The number of aliphatic hydroxyl groups excluding tert-OH is 2. The van der Waals surface area contributed by atoms with Gasteiger partial charge in [-0.2, -0.15) is 0 Å². The van der Waals surface area contributed by atoms with E-state index in [1.807, 2.05) is 6.92 Å². The molecule has 0 aliphatic heterocycles. The zero-order valence-corrected chi connectivity index (χ0v) is 12.5. The Kier molecular flexibility index (Phi) is 4.90. The second kappa shape index (κ2) is 5.66. The average Bonchev–Trinajstić information content (AvgIpc) is 2.27. The van der Waals surface area contributed by atoms with Gasteiger partial charge in [0.2, 0.25) is 10.0 Å². The molecule has 1 aromatic carbocycles. The van der Waals surface area contributed by atoms with E-state index in [0.717, 1.165) is 5.56 Å². The van der Waals surface area contributed by atoms with Crippen LogP contribution in [0.4, 0.5) is 0 Å². The summed E-state index contributed by atoms with van der Waals surface area (Å²) in [5, 5.41) is 18.2. The number of benzene rings is 1. The molecule has 0 spiro atoms. The van der Waals surface area contributed by atoms with Gasteiger partial charge in [-0.3, -0.25) is 0 Å². The van der Waals surface area contributed by atoms with Crippen LogP contribution in [0.25, 0.3) is 0 Å². The molecular formula is C11H16BrNO4S. The summed E-state index contributed by atoms with van der Waals surface area (Å²) in [6.45, 7) is 2.28. The summed E-state index contributed by atoms with van der Waals surface area (Å²) < 4.78 is 27.0. The summed E-state index contributed by atoms with van der Waals surface area (Å²) in [5.74, 6) is 0. The minimum absolute atomic E-state index is 0.0706. The molecule has 1 aromatic rings. The first-order chi connectivity index (χ1) is 8.24. The zero-order valence-electron chi connectivity index (χ0n) is 10.1. The summed E-state index contributed by atoms with van der Waals surface area (Å²) in [5.41, 5.74) is -0.365. The van der Waals surface area contributed by atoms with Gasteiger partial charge in [0.1, 0.15) is 0 Å². The predicted octanol–water partition coefficient (Wildman–Crippen LogP) is 0.779. The van der Waals surface area contributed by atoms with E-state index in [1.165, 1.54) is 13.0 Å². The van der Waals surface area contributed by atoms with E-state index in [-0.39, 0.29) is 4.90 Å². The molecule has 0 heterocycles. The third-order valence-corrected chi connectivity index (χ3v) is 5.07. The van der Waals surface area contributed by atoms with Crippen molar-refractivity contribution in [3.63, 3.8) is 0 Å². The van der Waals surface area contributed by atoms with E-state index in [2.05, 4.69) is 20.7 Å². The highest BCUT2D eigenvalue weighted by molar-refractivity contribution is 9.10. The van der Waals surface area contributed by atoms with E-state index in [0.29, 0.717) is 4.47 Å². The Labute approximate surface area is 115 Å². The highest BCUT2D eigenvalue weighted by Gasteiger charge is 2.30. The van der Waals surface area contributed by atoms with Gasteiger partial charge in [0.15, 0.2) is 0 Å². The molecule has 0 saturated heterocycles. The number of aliphatic hydroxyl groups is 2. The lowest BCUT2D eigenvalue weighted by Crippen LogP contribution is -2.51. The van der Waals surface area contributed by atoms with Crippen molar-refractivity contribution in [1.82, 2.24) is 4.72 Å². The molecule has 0 saturated carbocycles. The maximum absolute atomic E-state index is 12.1. The Bertz CT molecular complexity index is 526. The SMILES string of the molecule is Cc1ccc(S(=O)(=O)NC(C)(CO)CO)c(Br)c1. The molecule has 0 unspecified atom stereocenters. The van der Waals surface area contributed by atoms with Crippen LogP contribution in [0.2, 0.25) is 0 Å². The highest BCUT2D eigenvalue weighted by Crippen LogP contribution is 2.24. The van der Waals surface area contributed by atoms with Crippen LogP contribution in [0.5, 0.6) is 0 Å². The number of hydrogen-bond donors (Lipinski definition) is 3. The van der Waals surface area contributed by atoms with Crippen molar-refractivity contribution in [2.45, 2.75) is 24.3 Å². The van der Waals surface area contributed by atoms with Crippen molar-refractivity contribution in [3.05, 3.63) is 28.2 Å². The lowest BCUT2D eigenvalue weighted by Gasteiger charge is -2.26. The molecule has 1 rings (SSSR count). The maximum atomic E-state index is 12.1. The van der Waals surface area contributed by atoms with Crippen LogP contribution in [0, 0.1) is 6.92 Å². The van der Waals surface area contributed by atoms with Crippen molar-refractivity contribution < 1.29 is 18.6 Å². The fourth-order valence-corrected chi connectivity index (χ4v) is 3.90. The quantitative estimate of drug-likeness (QED) is 0.741. The van der Waals surface area contributed by atoms with Crippen LogP contribution in [0.3, 0.4) is 0 Å². The largest absolute Gasteiger partial charge is 0.394 e. The maximum Gasteiger partial charge on any atom is 0.242 e. The third-order valence-electron chi connectivity index (χ3n) is 2.46. The number of halogens is 1. The fourth-order valence-electron chi connectivity index (χ4n) is 1.32. The van der Waals surface area contributed by atoms with Gasteiger partial charge in [-0.15, -0.1) is 0 Å². The van der Waals surface area contributed by atoms with E-state index in [9.17, 15) is 8.42 Å². The number of sulfonamides is 1. The van der Waals surface area contributed by atoms with Crippen LogP contribution >= 0.6 is 15.9 Å². The smallest absolute Gasteiger partial charge is 0.242 e. The molecule has 5 nitrogen and oxygen atoms in total. The Balaban J connectivity index is 3.15. The van der Waals surface area contributed by atoms with Crippen molar-refractivity contribution in [3.8, 4) is 0 Å². The van der Waals surface area contributed by atoms with Crippen molar-refractivity contribution in [1.29, 1.82) is 0 Å². The van der Waals surface area contributed by atoms with Gasteiger partial charge in [-0.1, -0.05) is 6.07 Å². The first-order valence-corrected chi connectivity index (χ1v) is 7.53. The van der Waals surface area contributed by atoms with E-state index in [4.69, 9.17) is 10.2 Å². The van der Waals surface area contributed by atoms with Gasteiger partial charge >= 0.3 is 0 Å². The van der Waals surface area contributed by atoms with Gasteiger partial charge in [0.25, 0.3) is 0 Å². The summed E-state index contributed by atoms with van der Waals surface area (Å²) in [4.78, 5) is 0.0706. The third kappa shape index (κ3) is 3.52.